The Morgan fingerprint density at radius 3 is 1.88 bits per heavy atom. The minimum Gasteiger partial charge on any atom is -0.469 e. The molecular weight excluding hydrogens is 704 g/mol. The number of alkyl carbamates (subject to hydrolysis) is 1. The third-order valence-corrected chi connectivity index (χ3v) is 10.1. The van der Waals surface area contributed by atoms with Crippen molar-refractivity contribution in [2.75, 3.05) is 7.11 Å². The molecule has 0 saturated heterocycles. The number of halogens is 4. The lowest BCUT2D eigenvalue weighted by Gasteiger charge is -2.09. The van der Waals surface area contributed by atoms with Crippen LogP contribution in [0.3, 0.4) is 0 Å². The Kier molecular flexibility index (Phi) is 11.1. The van der Waals surface area contributed by atoms with Crippen LogP contribution in [-0.2, 0) is 20.9 Å². The summed E-state index contributed by atoms with van der Waals surface area (Å²) >= 11 is 24.7. The fourth-order valence-electron chi connectivity index (χ4n) is 5.68. The second kappa shape index (κ2) is 15.6. The Morgan fingerprint density at radius 1 is 0.735 bits per heavy atom. The molecule has 0 aliphatic heterocycles. The average Bonchev–Trinajstić information content (AvgIpc) is 4.07. The number of hydrogen-bond acceptors (Lipinski definition) is 6. The molecule has 0 radical (unpaired) electrons. The number of pyridine rings is 2. The van der Waals surface area contributed by atoms with Gasteiger partial charge in [-0.3, -0.25) is 14.8 Å². The van der Waals surface area contributed by atoms with Crippen LogP contribution in [0.15, 0.2) is 104 Å². The number of benzene rings is 3. The maximum Gasteiger partial charge on any atom is 0.407 e. The molecule has 2 aliphatic rings. The summed E-state index contributed by atoms with van der Waals surface area (Å²) in [6, 6.07) is 24.8. The van der Waals surface area contributed by atoms with Gasteiger partial charge < -0.3 is 14.8 Å². The first kappa shape index (κ1) is 34.7. The molecule has 2 aromatic heterocycles. The maximum atomic E-state index is 12.0. The van der Waals surface area contributed by atoms with Gasteiger partial charge in [-0.15, -0.1) is 0 Å². The molecule has 4 unspecified atom stereocenters. The Hall–Kier alpha value is -4.14. The van der Waals surface area contributed by atoms with Crippen LogP contribution < -0.4 is 5.32 Å². The third kappa shape index (κ3) is 8.54. The van der Waals surface area contributed by atoms with Crippen LogP contribution in [0.25, 0.3) is 22.3 Å². The number of methoxy groups -OCH3 is 1. The summed E-state index contributed by atoms with van der Waals surface area (Å²) in [5.74, 6) is 0.186. The molecule has 2 saturated carbocycles. The Labute approximate surface area is 304 Å². The number of esters is 1. The minimum atomic E-state index is -0.404. The predicted molar refractivity (Wildman–Crippen MR) is 193 cm³/mol. The van der Waals surface area contributed by atoms with E-state index in [-0.39, 0.29) is 36.4 Å². The number of rotatable bonds is 8. The fourth-order valence-corrected chi connectivity index (χ4v) is 6.50. The first-order valence-electron chi connectivity index (χ1n) is 15.6. The van der Waals surface area contributed by atoms with Crippen LogP contribution in [0.4, 0.5) is 4.79 Å². The molecule has 7 rings (SSSR count). The third-order valence-electron chi connectivity index (χ3n) is 8.50. The van der Waals surface area contributed by atoms with E-state index in [1.165, 1.54) is 7.11 Å². The summed E-state index contributed by atoms with van der Waals surface area (Å²) in [7, 11) is 1.41. The van der Waals surface area contributed by atoms with Gasteiger partial charge in [0.15, 0.2) is 0 Å². The summed E-state index contributed by atoms with van der Waals surface area (Å²) in [5, 5.41) is 4.96. The van der Waals surface area contributed by atoms with Crippen molar-refractivity contribution in [3.05, 3.63) is 140 Å². The van der Waals surface area contributed by atoms with Gasteiger partial charge in [0, 0.05) is 59.0 Å². The Morgan fingerprint density at radius 2 is 1.31 bits per heavy atom. The second-order valence-corrected chi connectivity index (χ2v) is 13.4. The Bertz CT molecular complexity index is 1980. The van der Waals surface area contributed by atoms with Crippen molar-refractivity contribution in [1.29, 1.82) is 0 Å². The molecule has 49 heavy (non-hydrogen) atoms. The zero-order chi connectivity index (χ0) is 34.5. The quantitative estimate of drug-likeness (QED) is 0.160. The van der Waals surface area contributed by atoms with Crippen LogP contribution in [-0.4, -0.2) is 35.2 Å². The summed E-state index contributed by atoms with van der Waals surface area (Å²) < 4.78 is 10.1. The summed E-state index contributed by atoms with van der Waals surface area (Å²) in [6.45, 7) is 0.258. The minimum absolute atomic E-state index is 0.0511. The van der Waals surface area contributed by atoms with Gasteiger partial charge in [-0.05, 0) is 59.7 Å². The maximum absolute atomic E-state index is 12.0. The summed E-state index contributed by atoms with van der Waals surface area (Å²) in [5.41, 5.74) is 6.53. The number of amides is 1. The highest BCUT2D eigenvalue weighted by atomic mass is 35.5. The summed E-state index contributed by atoms with van der Waals surface area (Å²) in [4.78, 5) is 32.2. The molecule has 2 aliphatic carbocycles. The Balaban J connectivity index is 0.000000177. The van der Waals surface area contributed by atoms with E-state index in [4.69, 9.17) is 55.9 Å². The molecule has 2 heterocycles. The van der Waals surface area contributed by atoms with Gasteiger partial charge in [-0.2, -0.15) is 0 Å². The highest BCUT2D eigenvalue weighted by molar-refractivity contribution is 6.44. The van der Waals surface area contributed by atoms with E-state index < -0.39 is 6.09 Å². The van der Waals surface area contributed by atoms with Crippen LogP contribution in [0.1, 0.15) is 41.4 Å². The number of nitrogens with one attached hydrogen (secondary N) is 1. The predicted octanol–water partition coefficient (Wildman–Crippen LogP) is 10.2. The van der Waals surface area contributed by atoms with E-state index >= 15 is 0 Å². The number of carbonyl (C=O) groups is 2. The number of ether oxygens (including phenoxy) is 2. The zero-order valence-corrected chi connectivity index (χ0v) is 29.3. The lowest BCUT2D eigenvalue weighted by atomic mass is 10.0. The summed E-state index contributed by atoms with van der Waals surface area (Å²) in [6.07, 6.45) is 8.38. The first-order chi connectivity index (χ1) is 23.7. The molecule has 1 amide bonds. The van der Waals surface area contributed by atoms with Crippen LogP contribution in [0, 0.1) is 5.92 Å². The normalized spacial score (nSPS) is 18.8. The zero-order valence-electron chi connectivity index (χ0n) is 26.3. The highest BCUT2D eigenvalue weighted by Gasteiger charge is 2.45. The largest absolute Gasteiger partial charge is 0.469 e. The van der Waals surface area contributed by atoms with Crippen molar-refractivity contribution in [2.24, 2.45) is 5.92 Å². The highest BCUT2D eigenvalue weighted by Crippen LogP contribution is 2.49. The van der Waals surface area contributed by atoms with Gasteiger partial charge in [-0.25, -0.2) is 4.79 Å². The van der Waals surface area contributed by atoms with Crippen molar-refractivity contribution in [1.82, 2.24) is 15.3 Å². The average molecular weight is 735 g/mol. The molecule has 1 N–H and O–H groups in total. The van der Waals surface area contributed by atoms with Crippen molar-refractivity contribution < 1.29 is 19.1 Å². The van der Waals surface area contributed by atoms with E-state index in [1.807, 2.05) is 72.9 Å². The number of carbonyl (C=O) groups excluding carboxylic acids is 2. The standard InChI is InChI=1S/C22H18Cl2N2O2.C16H13Cl2NO2/c23-19-8-4-7-17(21(19)24)15-9-16(12-25-11-15)18-10-20(18)26-22(27)28-13-14-5-2-1-3-6-14;1-21-16(20)13-6-12(13)10-5-9(7-19-8-10)11-3-2-4-14(17)15(11)18/h1-9,11-12,18,20H,10,13H2,(H,26,27);2-5,7-8,12-13H,6H2,1H3. The fraction of sp³-hybridized carbons (Fsp3) is 0.211. The van der Waals surface area contributed by atoms with Gasteiger partial charge in [0.05, 0.1) is 33.1 Å². The van der Waals surface area contributed by atoms with Gasteiger partial charge in [0.25, 0.3) is 0 Å². The van der Waals surface area contributed by atoms with E-state index in [1.54, 1.807) is 30.7 Å². The topological polar surface area (TPSA) is 90.4 Å². The number of aromatic nitrogens is 2. The van der Waals surface area contributed by atoms with Gasteiger partial charge >= 0.3 is 12.1 Å². The molecular formula is C38H31Cl4N3O4. The van der Waals surface area contributed by atoms with Crippen LogP contribution >= 0.6 is 46.4 Å². The number of hydrogen-bond donors (Lipinski definition) is 1. The molecule has 2 fully saturated rings. The molecule has 0 bridgehead atoms. The lowest BCUT2D eigenvalue weighted by Crippen LogP contribution is -2.27. The van der Waals surface area contributed by atoms with E-state index in [9.17, 15) is 9.59 Å². The lowest BCUT2D eigenvalue weighted by molar-refractivity contribution is -0.142. The molecule has 0 spiro atoms. The van der Waals surface area contributed by atoms with E-state index in [0.717, 1.165) is 51.8 Å². The van der Waals surface area contributed by atoms with E-state index in [0.29, 0.717) is 20.1 Å². The van der Waals surface area contributed by atoms with E-state index in [2.05, 4.69) is 15.3 Å². The van der Waals surface area contributed by atoms with Crippen LogP contribution in [0.5, 0.6) is 0 Å². The molecule has 250 valence electrons. The van der Waals surface area contributed by atoms with Crippen LogP contribution in [0.2, 0.25) is 20.1 Å². The van der Waals surface area contributed by atoms with Crippen molar-refractivity contribution in [2.45, 2.75) is 37.3 Å². The van der Waals surface area contributed by atoms with Gasteiger partial charge in [-0.1, -0.05) is 101 Å². The van der Waals surface area contributed by atoms with Gasteiger partial charge in [0.1, 0.15) is 6.61 Å². The molecule has 4 atom stereocenters. The monoisotopic (exact) mass is 733 g/mol. The first-order valence-corrected chi connectivity index (χ1v) is 17.1. The molecule has 7 nitrogen and oxygen atoms in total. The van der Waals surface area contributed by atoms with Crippen molar-refractivity contribution >= 4 is 58.5 Å². The van der Waals surface area contributed by atoms with Gasteiger partial charge in [0.2, 0.25) is 0 Å². The molecule has 3 aromatic carbocycles. The van der Waals surface area contributed by atoms with Crippen molar-refractivity contribution in [3.63, 3.8) is 0 Å². The number of nitrogens with zero attached hydrogens (tertiary/aromatic N) is 2. The molecule has 11 heteroatoms. The smallest absolute Gasteiger partial charge is 0.407 e. The second-order valence-electron chi connectivity index (χ2n) is 11.8. The SMILES string of the molecule is COC(=O)C1CC1c1cncc(-c2cccc(Cl)c2Cl)c1.O=C(NC1CC1c1cncc(-c2cccc(Cl)c2Cl)c1)OCc1ccccc1. The van der Waals surface area contributed by atoms with Crippen molar-refractivity contribution in [3.8, 4) is 22.3 Å². The molecule has 5 aromatic rings.